The van der Waals surface area contributed by atoms with Gasteiger partial charge in [-0.05, 0) is 17.7 Å². The van der Waals surface area contributed by atoms with E-state index in [0.717, 1.165) is 0 Å². The van der Waals surface area contributed by atoms with E-state index in [9.17, 15) is 0 Å². The minimum atomic E-state index is -0.528. The number of rotatable bonds is 4. The van der Waals surface area contributed by atoms with Crippen LogP contribution in [0.3, 0.4) is 0 Å². The topological polar surface area (TPSA) is 51.8 Å². The molecule has 2 heterocycles. The fraction of sp³-hybridized carbons (Fsp3) is 0. The number of nitrogens with zero attached hydrogens (tertiary/aromatic N) is 3. The summed E-state index contributed by atoms with van der Waals surface area (Å²) in [7, 11) is 0. The maximum Gasteiger partial charge on any atom is 0.164 e. The zero-order chi connectivity index (χ0) is 33.3. The monoisotopic (exact) mass is 485 g/mol. The molecule has 7 aromatic rings. The average Bonchev–Trinajstić information content (AvgIpc) is 3.47. The Morgan fingerprint density at radius 2 is 1.16 bits per heavy atom. The molecule has 37 heavy (non-hydrogen) atoms. The molecule has 0 saturated carbocycles. The van der Waals surface area contributed by atoms with Crippen molar-refractivity contribution in [3.63, 3.8) is 0 Å². The molecule has 4 heteroatoms. The van der Waals surface area contributed by atoms with Crippen molar-refractivity contribution in [1.29, 1.82) is 0 Å². The molecule has 0 aliphatic heterocycles. The van der Waals surface area contributed by atoms with Crippen molar-refractivity contribution in [2.45, 2.75) is 0 Å². The van der Waals surface area contributed by atoms with Crippen LogP contribution >= 0.6 is 0 Å². The van der Waals surface area contributed by atoms with E-state index in [1.807, 2.05) is 12.1 Å². The van der Waals surface area contributed by atoms with Crippen LogP contribution in [-0.4, -0.2) is 15.0 Å². The highest BCUT2D eigenvalue weighted by Gasteiger charge is 2.16. The summed E-state index contributed by atoms with van der Waals surface area (Å²) in [5.74, 6) is 0.290. The predicted molar refractivity (Wildman–Crippen MR) is 149 cm³/mol. The fourth-order valence-electron chi connectivity index (χ4n) is 4.21. The van der Waals surface area contributed by atoms with Gasteiger partial charge in [-0.15, -0.1) is 0 Å². The maximum absolute atomic E-state index is 8.50. The number of hydrogen-bond acceptors (Lipinski definition) is 4. The third kappa shape index (κ3) is 3.85. The van der Waals surface area contributed by atoms with Gasteiger partial charge in [0.25, 0.3) is 0 Å². The molecule has 0 aliphatic carbocycles. The molecule has 0 spiro atoms. The van der Waals surface area contributed by atoms with Gasteiger partial charge in [0, 0.05) is 33.0 Å². The third-order valence-electron chi connectivity index (χ3n) is 5.92. The van der Waals surface area contributed by atoms with Gasteiger partial charge in [0.15, 0.2) is 17.5 Å². The van der Waals surface area contributed by atoms with Crippen LogP contribution in [0.15, 0.2) is 132 Å². The molecule has 2 aromatic heterocycles. The fourth-order valence-corrected chi connectivity index (χ4v) is 4.21. The summed E-state index contributed by atoms with van der Waals surface area (Å²) < 4.78 is 88.8. The van der Waals surface area contributed by atoms with Crippen molar-refractivity contribution < 1.29 is 18.1 Å². The second-order valence-electron chi connectivity index (χ2n) is 8.17. The van der Waals surface area contributed by atoms with Crippen molar-refractivity contribution in [3.05, 3.63) is 127 Å². The minimum Gasteiger partial charge on any atom is -0.455 e. The standard InChI is InChI=1S/C33H21N3O/c1-4-11-22(12-5-1)26-17-10-18-28-27-20-19-25(21-29(27)37-30(26)28)33-35-31(23-13-6-2-7-14-23)34-32(36-33)24-15-8-3-9-16-24/h1-21H/i1D,2D,4D,5D,6D,7D,11D,12D,13D,14D. The Morgan fingerprint density at radius 3 is 1.89 bits per heavy atom. The lowest BCUT2D eigenvalue weighted by molar-refractivity contribution is 0.670. The highest BCUT2D eigenvalue weighted by atomic mass is 16.3. The Hall–Kier alpha value is -5.09. The van der Waals surface area contributed by atoms with E-state index >= 15 is 0 Å². The minimum absolute atomic E-state index is 0.0223. The van der Waals surface area contributed by atoms with Gasteiger partial charge in [0.1, 0.15) is 11.2 Å². The van der Waals surface area contributed by atoms with Gasteiger partial charge in [-0.25, -0.2) is 15.0 Å². The molecule has 0 radical (unpaired) electrons. The average molecular weight is 486 g/mol. The van der Waals surface area contributed by atoms with Crippen LogP contribution in [0.5, 0.6) is 0 Å². The predicted octanol–water partition coefficient (Wildman–Crippen LogP) is 8.44. The van der Waals surface area contributed by atoms with Crippen molar-refractivity contribution in [3.8, 4) is 45.3 Å². The second kappa shape index (κ2) is 8.85. The van der Waals surface area contributed by atoms with Gasteiger partial charge in [-0.2, -0.15) is 0 Å². The Morgan fingerprint density at radius 1 is 0.514 bits per heavy atom. The molecule has 0 aliphatic rings. The van der Waals surface area contributed by atoms with Gasteiger partial charge < -0.3 is 4.42 Å². The molecule has 5 aromatic carbocycles. The summed E-state index contributed by atoms with van der Waals surface area (Å²) in [6.07, 6.45) is 0. The summed E-state index contributed by atoms with van der Waals surface area (Å²) in [6.45, 7) is 0. The molecule has 0 amide bonds. The molecule has 0 unspecified atom stereocenters. The molecule has 0 saturated heterocycles. The first-order chi connectivity index (χ1) is 22.5. The number of fused-ring (bicyclic) bond motifs is 3. The maximum atomic E-state index is 8.50. The van der Waals surface area contributed by atoms with Gasteiger partial charge in [0.2, 0.25) is 0 Å². The molecule has 7 rings (SSSR count). The zero-order valence-electron chi connectivity index (χ0n) is 29.1. The first-order valence-corrected chi connectivity index (χ1v) is 11.4. The van der Waals surface area contributed by atoms with Gasteiger partial charge >= 0.3 is 0 Å². The Labute approximate surface area is 228 Å². The lowest BCUT2D eigenvalue weighted by Crippen LogP contribution is -2.00. The quantitative estimate of drug-likeness (QED) is 0.251. The molecule has 0 atom stereocenters. The molecule has 0 fully saturated rings. The normalized spacial score (nSPS) is 15.0. The van der Waals surface area contributed by atoms with E-state index in [2.05, 4.69) is 15.0 Å². The van der Waals surface area contributed by atoms with Crippen molar-refractivity contribution in [2.75, 3.05) is 0 Å². The van der Waals surface area contributed by atoms with Crippen LogP contribution in [0.2, 0.25) is 0 Å². The van der Waals surface area contributed by atoms with Crippen LogP contribution in [-0.2, 0) is 0 Å². The van der Waals surface area contributed by atoms with Crippen LogP contribution in [0.4, 0.5) is 0 Å². The Kier molecular flexibility index (Phi) is 3.18. The first kappa shape index (κ1) is 13.3. The third-order valence-corrected chi connectivity index (χ3v) is 5.92. The van der Waals surface area contributed by atoms with Crippen molar-refractivity contribution in [2.24, 2.45) is 0 Å². The van der Waals surface area contributed by atoms with Crippen molar-refractivity contribution >= 4 is 21.9 Å². The summed E-state index contributed by atoms with van der Waals surface area (Å²) in [6, 6.07) is 14.9. The largest absolute Gasteiger partial charge is 0.455 e. The Bertz CT molecular complexity index is 2370. The van der Waals surface area contributed by atoms with Gasteiger partial charge in [-0.3, -0.25) is 0 Å². The van der Waals surface area contributed by atoms with Crippen LogP contribution in [0.1, 0.15) is 13.7 Å². The van der Waals surface area contributed by atoms with E-state index in [0.29, 0.717) is 38.6 Å². The molecule has 0 N–H and O–H groups in total. The van der Waals surface area contributed by atoms with E-state index < -0.39 is 48.3 Å². The molecule has 0 bridgehead atoms. The van der Waals surface area contributed by atoms with Gasteiger partial charge in [0.05, 0.1) is 13.7 Å². The van der Waals surface area contributed by atoms with E-state index in [4.69, 9.17) is 18.1 Å². The summed E-state index contributed by atoms with van der Waals surface area (Å²) in [5.41, 5.74) is 2.04. The van der Waals surface area contributed by atoms with Crippen LogP contribution in [0, 0.1) is 0 Å². The molecule has 4 nitrogen and oxygen atoms in total. The number of furan rings is 1. The summed E-state index contributed by atoms with van der Waals surface area (Å²) in [5, 5.41) is 1.36. The van der Waals surface area contributed by atoms with E-state index in [1.165, 1.54) is 0 Å². The molecular weight excluding hydrogens is 454 g/mol. The van der Waals surface area contributed by atoms with Crippen molar-refractivity contribution in [1.82, 2.24) is 15.0 Å². The number of hydrogen-bond donors (Lipinski definition) is 0. The van der Waals surface area contributed by atoms with Crippen LogP contribution < -0.4 is 0 Å². The number of aromatic nitrogens is 3. The lowest BCUT2D eigenvalue weighted by atomic mass is 10.0. The second-order valence-corrected chi connectivity index (χ2v) is 8.17. The zero-order valence-corrected chi connectivity index (χ0v) is 19.1. The molecular formula is C33H21N3O. The van der Waals surface area contributed by atoms with Crippen LogP contribution in [0.25, 0.3) is 67.2 Å². The Balaban J connectivity index is 1.45. The van der Waals surface area contributed by atoms with E-state index in [1.54, 1.807) is 54.6 Å². The number of para-hydroxylation sites is 1. The van der Waals surface area contributed by atoms with Gasteiger partial charge in [-0.1, -0.05) is 115 Å². The van der Waals surface area contributed by atoms with E-state index in [-0.39, 0.29) is 40.7 Å². The highest BCUT2D eigenvalue weighted by molar-refractivity contribution is 6.10. The summed E-state index contributed by atoms with van der Waals surface area (Å²) in [4.78, 5) is 13.8. The SMILES string of the molecule is [2H]c1c([2H])c([2H])c(-c2nc(-c3ccccc3)nc(-c3ccc4c(c3)oc3c(-c5c([2H])c([2H])c([2H])c([2H])c5[2H])cccc34)n2)c([2H])c1[2H]. The highest BCUT2D eigenvalue weighted by Crippen LogP contribution is 2.37. The lowest BCUT2D eigenvalue weighted by Gasteiger charge is -2.08. The number of benzene rings is 5. The molecule has 174 valence electrons. The summed E-state index contributed by atoms with van der Waals surface area (Å²) >= 11 is 0. The smallest absolute Gasteiger partial charge is 0.164 e. The first-order valence-electron chi connectivity index (χ1n) is 16.4.